The number of ketones is 1. The van der Waals surface area contributed by atoms with Crippen LogP contribution in [0.5, 0.6) is 0 Å². The van der Waals surface area contributed by atoms with Gasteiger partial charge in [-0.25, -0.2) is 0 Å². The van der Waals surface area contributed by atoms with Crippen LogP contribution in [0.3, 0.4) is 0 Å². The van der Waals surface area contributed by atoms with E-state index < -0.39 is 0 Å². The molecule has 7 heteroatoms. The van der Waals surface area contributed by atoms with Crippen molar-refractivity contribution >= 4 is 29.5 Å². The van der Waals surface area contributed by atoms with Crippen molar-refractivity contribution in [2.24, 2.45) is 0 Å². The molecule has 0 radical (unpaired) electrons. The molecule has 36 heavy (non-hydrogen) atoms. The van der Waals surface area contributed by atoms with Crippen molar-refractivity contribution in [3.05, 3.63) is 95.6 Å². The van der Waals surface area contributed by atoms with Crippen LogP contribution in [0.1, 0.15) is 47.1 Å². The lowest BCUT2D eigenvalue weighted by Crippen LogP contribution is -2.43. The number of nitrogens with zero attached hydrogens (tertiary/aromatic N) is 1. The summed E-state index contributed by atoms with van der Waals surface area (Å²) in [6.45, 7) is 9.82. The molecule has 1 aliphatic heterocycles. The summed E-state index contributed by atoms with van der Waals surface area (Å²) in [5.74, 6) is -0.203. The van der Waals surface area contributed by atoms with Crippen LogP contribution in [0.15, 0.2) is 78.9 Å². The topological polar surface area (TPSA) is 87.7 Å². The summed E-state index contributed by atoms with van der Waals surface area (Å²) < 4.78 is 4.55. The first-order valence-corrected chi connectivity index (χ1v) is 12.0. The van der Waals surface area contributed by atoms with Gasteiger partial charge in [-0.15, -0.1) is 0 Å². The summed E-state index contributed by atoms with van der Waals surface area (Å²) in [7, 11) is 0. The van der Waals surface area contributed by atoms with E-state index in [1.807, 2.05) is 63.2 Å². The maximum atomic E-state index is 12.5. The van der Waals surface area contributed by atoms with Crippen molar-refractivity contribution in [3.8, 4) is 0 Å². The lowest BCUT2D eigenvalue weighted by molar-refractivity contribution is -0.138. The first kappa shape index (κ1) is 26.6. The monoisotopic (exact) mass is 487 g/mol. The fourth-order valence-corrected chi connectivity index (χ4v) is 3.56. The van der Waals surface area contributed by atoms with Gasteiger partial charge in [-0.2, -0.15) is 0 Å². The van der Waals surface area contributed by atoms with Crippen LogP contribution in [0, 0.1) is 0 Å². The van der Waals surface area contributed by atoms with E-state index in [9.17, 15) is 14.4 Å². The van der Waals surface area contributed by atoms with Gasteiger partial charge in [-0.1, -0.05) is 30.3 Å². The minimum absolute atomic E-state index is 0.0352. The van der Waals surface area contributed by atoms with E-state index in [4.69, 9.17) is 0 Å². The van der Waals surface area contributed by atoms with Gasteiger partial charge in [0.2, 0.25) is 0 Å². The van der Waals surface area contributed by atoms with Crippen LogP contribution in [0.2, 0.25) is 0 Å². The lowest BCUT2D eigenvalue weighted by atomic mass is 10.0. The van der Waals surface area contributed by atoms with Gasteiger partial charge in [-0.05, 0) is 69.3 Å². The summed E-state index contributed by atoms with van der Waals surface area (Å²) in [5, 5.41) is 6.22. The molecule has 0 bridgehead atoms. The third-order valence-electron chi connectivity index (χ3n) is 5.45. The molecular weight excluding hydrogens is 454 g/mol. The van der Waals surface area contributed by atoms with E-state index in [1.54, 1.807) is 36.4 Å². The van der Waals surface area contributed by atoms with Crippen molar-refractivity contribution in [1.82, 2.24) is 5.32 Å². The van der Waals surface area contributed by atoms with Gasteiger partial charge in [0.05, 0.1) is 0 Å². The Balaban J connectivity index is 0.000000454. The third-order valence-corrected chi connectivity index (χ3v) is 5.45. The average Bonchev–Trinajstić information content (AvgIpc) is 2.89. The second-order valence-electron chi connectivity index (χ2n) is 9.34. The Hall–Kier alpha value is -3.97. The Morgan fingerprint density at radius 1 is 0.833 bits per heavy atom. The Labute approximate surface area is 212 Å². The molecule has 0 aliphatic carbocycles. The Morgan fingerprint density at radius 2 is 1.39 bits per heavy atom. The molecular formula is C29H33N3O4. The van der Waals surface area contributed by atoms with Gasteiger partial charge in [0.1, 0.15) is 5.60 Å². The molecule has 0 unspecified atom stereocenters. The van der Waals surface area contributed by atoms with Gasteiger partial charge in [0.15, 0.2) is 5.78 Å². The number of benzene rings is 3. The molecule has 0 aromatic heterocycles. The SMILES string of the molecule is CC(C)(C)OC=O.O=C(Nc1ccc(C(=O)c2ccccc2)cc1)c1ccc(N2CCNCC2)cc1. The van der Waals surface area contributed by atoms with Gasteiger partial charge in [0, 0.05) is 54.2 Å². The molecule has 188 valence electrons. The van der Waals surface area contributed by atoms with E-state index in [1.165, 1.54) is 0 Å². The number of ether oxygens (including phenoxy) is 1. The Morgan fingerprint density at radius 3 is 1.92 bits per heavy atom. The van der Waals surface area contributed by atoms with Crippen molar-refractivity contribution in [3.63, 3.8) is 0 Å². The van der Waals surface area contributed by atoms with E-state index in [0.29, 0.717) is 28.8 Å². The number of anilines is 2. The number of rotatable bonds is 6. The number of nitrogens with one attached hydrogen (secondary N) is 2. The largest absolute Gasteiger partial charge is 0.462 e. The molecule has 0 atom stereocenters. The second kappa shape index (κ2) is 12.7. The molecule has 0 spiro atoms. The van der Waals surface area contributed by atoms with E-state index in [0.717, 1.165) is 31.9 Å². The standard InChI is InChI=1S/C24H23N3O2.C5H10O2/c28-23(18-4-2-1-3-5-18)19-6-10-21(11-7-19)26-24(29)20-8-12-22(13-9-20)27-16-14-25-15-17-27;1-5(2,3)7-4-6/h1-13,25H,14-17H2,(H,26,29);4H,1-3H3. The van der Waals surface area contributed by atoms with Gasteiger partial charge >= 0.3 is 0 Å². The maximum absolute atomic E-state index is 12.5. The van der Waals surface area contributed by atoms with Crippen LogP contribution >= 0.6 is 0 Å². The number of hydrogen-bond acceptors (Lipinski definition) is 6. The molecule has 1 aliphatic rings. The van der Waals surface area contributed by atoms with Crippen LogP contribution in [-0.2, 0) is 9.53 Å². The number of hydrogen-bond donors (Lipinski definition) is 2. The zero-order valence-corrected chi connectivity index (χ0v) is 21.0. The highest BCUT2D eigenvalue weighted by Crippen LogP contribution is 2.18. The predicted molar refractivity (Wildman–Crippen MR) is 143 cm³/mol. The maximum Gasteiger partial charge on any atom is 0.293 e. The predicted octanol–water partition coefficient (Wildman–Crippen LogP) is 4.54. The Bertz CT molecular complexity index is 1130. The quantitative estimate of drug-likeness (QED) is 0.392. The summed E-state index contributed by atoms with van der Waals surface area (Å²) in [5.41, 5.74) is 3.32. The smallest absolute Gasteiger partial charge is 0.293 e. The third kappa shape index (κ3) is 8.06. The fraction of sp³-hybridized carbons (Fsp3) is 0.276. The highest BCUT2D eigenvalue weighted by atomic mass is 16.5. The second-order valence-corrected chi connectivity index (χ2v) is 9.34. The fourth-order valence-electron chi connectivity index (χ4n) is 3.56. The van der Waals surface area contributed by atoms with Crippen molar-refractivity contribution in [2.75, 3.05) is 36.4 Å². The van der Waals surface area contributed by atoms with Gasteiger partial charge in [0.25, 0.3) is 12.4 Å². The van der Waals surface area contributed by atoms with Crippen LogP contribution in [-0.4, -0.2) is 49.9 Å². The summed E-state index contributed by atoms with van der Waals surface area (Å²) >= 11 is 0. The number of piperazine rings is 1. The minimum atomic E-state index is -0.318. The highest BCUT2D eigenvalue weighted by molar-refractivity contribution is 6.09. The molecule has 1 saturated heterocycles. The molecule has 0 saturated carbocycles. The molecule has 2 N–H and O–H groups in total. The van der Waals surface area contributed by atoms with Crippen molar-refractivity contribution in [1.29, 1.82) is 0 Å². The zero-order valence-electron chi connectivity index (χ0n) is 21.0. The number of carbonyl (C=O) groups is 3. The van der Waals surface area contributed by atoms with Gasteiger partial charge in [-0.3, -0.25) is 14.4 Å². The summed E-state index contributed by atoms with van der Waals surface area (Å²) in [6.07, 6.45) is 0. The molecule has 4 rings (SSSR count). The molecule has 1 fully saturated rings. The van der Waals surface area contributed by atoms with Crippen LogP contribution in [0.4, 0.5) is 11.4 Å². The summed E-state index contributed by atoms with van der Waals surface area (Å²) in [6, 6.07) is 23.8. The van der Waals surface area contributed by atoms with E-state index >= 15 is 0 Å². The summed E-state index contributed by atoms with van der Waals surface area (Å²) in [4.78, 5) is 36.9. The molecule has 7 nitrogen and oxygen atoms in total. The van der Waals surface area contributed by atoms with E-state index in [2.05, 4.69) is 20.3 Å². The van der Waals surface area contributed by atoms with E-state index in [-0.39, 0.29) is 17.3 Å². The van der Waals surface area contributed by atoms with Crippen molar-refractivity contribution in [2.45, 2.75) is 26.4 Å². The van der Waals surface area contributed by atoms with Crippen LogP contribution < -0.4 is 15.5 Å². The Kier molecular flexibility index (Phi) is 9.36. The van der Waals surface area contributed by atoms with Gasteiger partial charge < -0.3 is 20.3 Å². The minimum Gasteiger partial charge on any atom is -0.462 e. The average molecular weight is 488 g/mol. The number of amides is 1. The normalized spacial score (nSPS) is 13.1. The lowest BCUT2D eigenvalue weighted by Gasteiger charge is -2.29. The molecule has 3 aromatic carbocycles. The molecule has 1 amide bonds. The first-order chi connectivity index (χ1) is 17.3. The van der Waals surface area contributed by atoms with Crippen molar-refractivity contribution < 1.29 is 19.1 Å². The number of carbonyl (C=O) groups excluding carboxylic acids is 3. The molecule has 3 aromatic rings. The first-order valence-electron chi connectivity index (χ1n) is 12.0. The molecule has 1 heterocycles. The van der Waals surface area contributed by atoms with Crippen LogP contribution in [0.25, 0.3) is 0 Å². The zero-order chi connectivity index (χ0) is 26.0. The highest BCUT2D eigenvalue weighted by Gasteiger charge is 2.13.